The molecule has 2 aromatic carbocycles. The molecule has 0 saturated carbocycles. The van der Waals surface area contributed by atoms with Crippen LogP contribution in [0, 0.1) is 20.8 Å². The molecular formula is C23H21N5OS. The average molecular weight is 416 g/mol. The van der Waals surface area contributed by atoms with Crippen LogP contribution in [0.2, 0.25) is 0 Å². The van der Waals surface area contributed by atoms with Crippen molar-refractivity contribution in [1.29, 1.82) is 0 Å². The van der Waals surface area contributed by atoms with Crippen molar-refractivity contribution in [3.8, 4) is 11.3 Å². The highest BCUT2D eigenvalue weighted by Gasteiger charge is 2.13. The minimum atomic E-state index is -0.233. The van der Waals surface area contributed by atoms with Crippen molar-refractivity contribution < 1.29 is 4.79 Å². The van der Waals surface area contributed by atoms with Crippen molar-refractivity contribution in [2.45, 2.75) is 20.8 Å². The molecule has 0 unspecified atom stereocenters. The predicted octanol–water partition coefficient (Wildman–Crippen LogP) is 5.52. The number of benzene rings is 2. The second-order valence-corrected chi connectivity index (χ2v) is 7.83. The molecule has 0 atom stereocenters. The van der Waals surface area contributed by atoms with E-state index >= 15 is 0 Å². The Balaban J connectivity index is 1.47. The van der Waals surface area contributed by atoms with Gasteiger partial charge >= 0.3 is 0 Å². The van der Waals surface area contributed by atoms with Crippen LogP contribution in [0.4, 0.5) is 16.8 Å². The van der Waals surface area contributed by atoms with E-state index in [1.165, 1.54) is 23.1 Å². The molecule has 0 radical (unpaired) electrons. The number of carbonyl (C=O) groups excluding carboxylic acids is 1. The Bertz CT molecular complexity index is 1200. The van der Waals surface area contributed by atoms with E-state index in [0.29, 0.717) is 22.3 Å². The Morgan fingerprint density at radius 2 is 1.77 bits per heavy atom. The van der Waals surface area contributed by atoms with Gasteiger partial charge < -0.3 is 10.6 Å². The zero-order chi connectivity index (χ0) is 21.1. The molecule has 2 heterocycles. The molecule has 6 nitrogen and oxygen atoms in total. The van der Waals surface area contributed by atoms with Crippen LogP contribution in [0.3, 0.4) is 0 Å². The largest absolute Gasteiger partial charge is 0.322 e. The van der Waals surface area contributed by atoms with E-state index < -0.39 is 0 Å². The van der Waals surface area contributed by atoms with Gasteiger partial charge in [0.25, 0.3) is 5.91 Å². The van der Waals surface area contributed by atoms with E-state index in [-0.39, 0.29) is 5.91 Å². The first kappa shape index (κ1) is 19.7. The topological polar surface area (TPSA) is 79.8 Å². The first-order chi connectivity index (χ1) is 14.5. The SMILES string of the molecule is Cc1ccc(NC(=O)c2cnc(Nc3nc(-c4ccccc4)cs3)nc2C)cc1C. The molecule has 4 aromatic rings. The smallest absolute Gasteiger partial charge is 0.259 e. The lowest BCUT2D eigenvalue weighted by atomic mass is 10.1. The van der Waals surface area contributed by atoms with Crippen molar-refractivity contribution in [3.05, 3.63) is 82.5 Å². The van der Waals surface area contributed by atoms with Crippen LogP contribution in [-0.2, 0) is 0 Å². The van der Waals surface area contributed by atoms with E-state index in [9.17, 15) is 4.79 Å². The summed E-state index contributed by atoms with van der Waals surface area (Å²) in [4.78, 5) is 25.9. The zero-order valence-electron chi connectivity index (χ0n) is 16.9. The molecule has 150 valence electrons. The number of hydrogen-bond donors (Lipinski definition) is 2. The number of hydrogen-bond acceptors (Lipinski definition) is 6. The number of aromatic nitrogens is 3. The Kier molecular flexibility index (Phi) is 5.54. The highest BCUT2D eigenvalue weighted by atomic mass is 32.1. The third-order valence-electron chi connectivity index (χ3n) is 4.78. The van der Waals surface area contributed by atoms with E-state index in [1.807, 2.05) is 67.8 Å². The van der Waals surface area contributed by atoms with Gasteiger partial charge in [-0.15, -0.1) is 11.3 Å². The van der Waals surface area contributed by atoms with E-state index in [0.717, 1.165) is 22.5 Å². The average Bonchev–Trinajstić information content (AvgIpc) is 3.20. The standard InChI is InChI=1S/C23H21N5OS/c1-14-9-10-18(11-15(14)2)26-21(29)19-12-24-22(25-16(19)3)28-23-27-20(13-30-23)17-7-5-4-6-8-17/h4-13H,1-3H3,(H,26,29)(H,24,25,27,28). The van der Waals surface area contributed by atoms with Crippen LogP contribution in [0.5, 0.6) is 0 Å². The molecular weight excluding hydrogens is 394 g/mol. The van der Waals surface area contributed by atoms with Crippen LogP contribution in [0.15, 0.2) is 60.1 Å². The minimum absolute atomic E-state index is 0.233. The van der Waals surface area contributed by atoms with Crippen LogP contribution in [0.1, 0.15) is 27.2 Å². The van der Waals surface area contributed by atoms with Crippen LogP contribution >= 0.6 is 11.3 Å². The molecule has 0 fully saturated rings. The van der Waals surface area contributed by atoms with Crippen molar-refractivity contribution >= 4 is 34.0 Å². The van der Waals surface area contributed by atoms with Crippen LogP contribution in [-0.4, -0.2) is 20.9 Å². The van der Waals surface area contributed by atoms with Gasteiger partial charge in [-0.2, -0.15) is 0 Å². The van der Waals surface area contributed by atoms with Gasteiger partial charge in [0.15, 0.2) is 5.13 Å². The molecule has 4 rings (SSSR count). The van der Waals surface area contributed by atoms with Gasteiger partial charge in [-0.05, 0) is 44.0 Å². The summed E-state index contributed by atoms with van der Waals surface area (Å²) >= 11 is 1.48. The first-order valence-corrected chi connectivity index (χ1v) is 10.4. The normalized spacial score (nSPS) is 10.6. The van der Waals surface area contributed by atoms with Crippen molar-refractivity contribution in [2.75, 3.05) is 10.6 Å². The number of nitrogens with one attached hydrogen (secondary N) is 2. The number of rotatable bonds is 5. The maximum absolute atomic E-state index is 12.6. The van der Waals surface area contributed by atoms with Gasteiger partial charge in [-0.1, -0.05) is 36.4 Å². The lowest BCUT2D eigenvalue weighted by molar-refractivity contribution is 0.102. The van der Waals surface area contributed by atoms with Gasteiger partial charge in [-0.3, -0.25) is 4.79 Å². The summed E-state index contributed by atoms with van der Waals surface area (Å²) in [6.07, 6.45) is 1.53. The summed E-state index contributed by atoms with van der Waals surface area (Å²) in [6, 6.07) is 15.8. The molecule has 0 bridgehead atoms. The fourth-order valence-electron chi connectivity index (χ4n) is 2.94. The molecule has 0 spiro atoms. The summed E-state index contributed by atoms with van der Waals surface area (Å²) < 4.78 is 0. The zero-order valence-corrected chi connectivity index (χ0v) is 17.7. The monoisotopic (exact) mass is 415 g/mol. The predicted molar refractivity (Wildman–Crippen MR) is 121 cm³/mol. The summed E-state index contributed by atoms with van der Waals surface area (Å²) in [7, 11) is 0. The number of anilines is 3. The second kappa shape index (κ2) is 8.42. The highest BCUT2D eigenvalue weighted by molar-refractivity contribution is 7.14. The summed E-state index contributed by atoms with van der Waals surface area (Å²) in [5.74, 6) is 0.173. The van der Waals surface area contributed by atoms with Gasteiger partial charge in [0, 0.05) is 22.8 Å². The Morgan fingerprint density at radius 1 is 0.967 bits per heavy atom. The number of nitrogens with zero attached hydrogens (tertiary/aromatic N) is 3. The molecule has 7 heteroatoms. The fraction of sp³-hybridized carbons (Fsp3) is 0.130. The van der Waals surface area contributed by atoms with E-state index in [1.54, 1.807) is 6.92 Å². The van der Waals surface area contributed by atoms with Gasteiger partial charge in [0.1, 0.15) is 0 Å². The Morgan fingerprint density at radius 3 is 2.50 bits per heavy atom. The summed E-state index contributed by atoms with van der Waals surface area (Å²) in [5, 5.41) is 8.70. The van der Waals surface area contributed by atoms with Crippen LogP contribution in [0.25, 0.3) is 11.3 Å². The van der Waals surface area contributed by atoms with Crippen molar-refractivity contribution in [2.24, 2.45) is 0 Å². The fourth-order valence-corrected chi connectivity index (χ4v) is 3.65. The minimum Gasteiger partial charge on any atom is -0.322 e. The third-order valence-corrected chi connectivity index (χ3v) is 5.54. The molecule has 2 N–H and O–H groups in total. The molecule has 0 aliphatic rings. The van der Waals surface area contributed by atoms with Crippen LogP contribution < -0.4 is 10.6 Å². The summed E-state index contributed by atoms with van der Waals surface area (Å²) in [5.41, 5.74) is 6.03. The molecule has 0 aliphatic heterocycles. The van der Waals surface area contributed by atoms with E-state index in [2.05, 4.69) is 25.6 Å². The lowest BCUT2D eigenvalue weighted by Gasteiger charge is -2.10. The quantitative estimate of drug-likeness (QED) is 0.448. The lowest BCUT2D eigenvalue weighted by Crippen LogP contribution is -2.15. The molecule has 2 aromatic heterocycles. The Labute approximate surface area is 179 Å². The maximum atomic E-state index is 12.6. The number of amides is 1. The highest BCUT2D eigenvalue weighted by Crippen LogP contribution is 2.26. The van der Waals surface area contributed by atoms with Gasteiger partial charge in [0.2, 0.25) is 5.95 Å². The molecule has 1 amide bonds. The first-order valence-electron chi connectivity index (χ1n) is 9.50. The third kappa shape index (κ3) is 4.36. The van der Waals surface area contributed by atoms with Crippen molar-refractivity contribution in [3.63, 3.8) is 0 Å². The molecule has 0 saturated heterocycles. The van der Waals surface area contributed by atoms with Gasteiger partial charge in [-0.25, -0.2) is 15.0 Å². The number of thiazole rings is 1. The summed E-state index contributed by atoms with van der Waals surface area (Å²) in [6.45, 7) is 5.84. The van der Waals surface area contributed by atoms with Crippen molar-refractivity contribution in [1.82, 2.24) is 15.0 Å². The maximum Gasteiger partial charge on any atom is 0.259 e. The number of aryl methyl sites for hydroxylation is 3. The number of carbonyl (C=O) groups is 1. The Hall–Kier alpha value is -3.58. The van der Waals surface area contributed by atoms with Gasteiger partial charge in [0.05, 0.1) is 17.0 Å². The second-order valence-electron chi connectivity index (χ2n) is 6.97. The molecule has 30 heavy (non-hydrogen) atoms. The van der Waals surface area contributed by atoms with E-state index in [4.69, 9.17) is 0 Å². The molecule has 0 aliphatic carbocycles.